The second-order valence-corrected chi connectivity index (χ2v) is 5.13. The van der Waals surface area contributed by atoms with E-state index < -0.39 is 6.09 Å². The van der Waals surface area contributed by atoms with Gasteiger partial charge in [-0.05, 0) is 24.5 Å². The highest BCUT2D eigenvalue weighted by atomic mass is 16.5. The van der Waals surface area contributed by atoms with Crippen LogP contribution >= 0.6 is 0 Å². The van der Waals surface area contributed by atoms with Crippen molar-refractivity contribution in [3.05, 3.63) is 29.8 Å². The average molecular weight is 221 g/mol. The van der Waals surface area contributed by atoms with E-state index in [0.29, 0.717) is 6.61 Å². The van der Waals surface area contributed by atoms with Crippen LogP contribution in [0.2, 0.25) is 0 Å². The van der Waals surface area contributed by atoms with Crippen molar-refractivity contribution >= 4 is 11.8 Å². The van der Waals surface area contributed by atoms with Crippen molar-refractivity contribution in [3.8, 4) is 0 Å². The molecule has 1 amide bonds. The standard InChI is InChI=1S/C13H19NO2/c1-10-5-7-11(8-6-10)14-12(15)16-9-13(2,3)4/h5-8H,9H2,1-4H3,(H,14,15). The first-order chi connectivity index (χ1) is 7.37. The first-order valence-corrected chi connectivity index (χ1v) is 5.37. The van der Waals surface area contributed by atoms with E-state index in [0.717, 1.165) is 11.3 Å². The Morgan fingerprint density at radius 2 is 1.81 bits per heavy atom. The number of hydrogen-bond donors (Lipinski definition) is 1. The maximum absolute atomic E-state index is 11.4. The second kappa shape index (κ2) is 5.01. The largest absolute Gasteiger partial charge is 0.449 e. The lowest BCUT2D eigenvalue weighted by molar-refractivity contribution is 0.118. The topological polar surface area (TPSA) is 38.3 Å². The fourth-order valence-electron chi connectivity index (χ4n) is 1.07. The monoisotopic (exact) mass is 221 g/mol. The van der Waals surface area contributed by atoms with E-state index >= 15 is 0 Å². The Morgan fingerprint density at radius 3 is 2.31 bits per heavy atom. The molecule has 0 fully saturated rings. The van der Waals surface area contributed by atoms with Gasteiger partial charge < -0.3 is 4.74 Å². The lowest BCUT2D eigenvalue weighted by Gasteiger charge is -2.17. The Balaban J connectivity index is 2.43. The predicted octanol–water partition coefficient (Wildman–Crippen LogP) is 3.59. The minimum absolute atomic E-state index is 0.00931. The van der Waals surface area contributed by atoms with Crippen molar-refractivity contribution < 1.29 is 9.53 Å². The van der Waals surface area contributed by atoms with Gasteiger partial charge in [-0.25, -0.2) is 4.79 Å². The third-order valence-electron chi connectivity index (χ3n) is 1.93. The Hall–Kier alpha value is -1.51. The first kappa shape index (κ1) is 12.6. The molecule has 0 bridgehead atoms. The van der Waals surface area contributed by atoms with Gasteiger partial charge in [0, 0.05) is 5.69 Å². The van der Waals surface area contributed by atoms with Crippen LogP contribution in [-0.2, 0) is 4.74 Å². The summed E-state index contributed by atoms with van der Waals surface area (Å²) >= 11 is 0. The molecule has 1 rings (SSSR count). The molecule has 0 aliphatic carbocycles. The zero-order valence-electron chi connectivity index (χ0n) is 10.3. The lowest BCUT2D eigenvalue weighted by atomic mass is 9.99. The number of carbonyl (C=O) groups is 1. The van der Waals surface area contributed by atoms with E-state index in [1.165, 1.54) is 0 Å². The number of nitrogens with one attached hydrogen (secondary N) is 1. The molecule has 0 aromatic heterocycles. The average Bonchev–Trinajstić information content (AvgIpc) is 2.18. The van der Waals surface area contributed by atoms with Crippen LogP contribution in [0.4, 0.5) is 10.5 Å². The number of hydrogen-bond acceptors (Lipinski definition) is 2. The van der Waals surface area contributed by atoms with E-state index in [1.807, 2.05) is 52.0 Å². The van der Waals surface area contributed by atoms with Gasteiger partial charge in [0.15, 0.2) is 0 Å². The van der Waals surface area contributed by atoms with Gasteiger partial charge in [-0.15, -0.1) is 0 Å². The fourth-order valence-corrected chi connectivity index (χ4v) is 1.07. The van der Waals surface area contributed by atoms with Gasteiger partial charge in [-0.3, -0.25) is 5.32 Å². The number of carbonyl (C=O) groups excluding carboxylic acids is 1. The summed E-state index contributed by atoms with van der Waals surface area (Å²) in [5.41, 5.74) is 1.91. The number of amides is 1. The maximum atomic E-state index is 11.4. The van der Waals surface area contributed by atoms with Crippen LogP contribution in [0, 0.1) is 12.3 Å². The first-order valence-electron chi connectivity index (χ1n) is 5.37. The van der Waals surface area contributed by atoms with Crippen molar-refractivity contribution in [3.63, 3.8) is 0 Å². The number of aryl methyl sites for hydroxylation is 1. The smallest absolute Gasteiger partial charge is 0.411 e. The Labute approximate surface area is 96.8 Å². The summed E-state index contributed by atoms with van der Waals surface area (Å²) < 4.78 is 5.09. The molecule has 16 heavy (non-hydrogen) atoms. The molecular formula is C13H19NO2. The quantitative estimate of drug-likeness (QED) is 0.828. The molecule has 1 aromatic rings. The third kappa shape index (κ3) is 4.82. The maximum Gasteiger partial charge on any atom is 0.411 e. The van der Waals surface area contributed by atoms with Crippen molar-refractivity contribution in [1.29, 1.82) is 0 Å². The van der Waals surface area contributed by atoms with Gasteiger partial charge in [0.1, 0.15) is 0 Å². The summed E-state index contributed by atoms with van der Waals surface area (Å²) in [6.45, 7) is 8.47. The van der Waals surface area contributed by atoms with Crippen LogP contribution in [0.1, 0.15) is 26.3 Å². The van der Waals surface area contributed by atoms with Crippen molar-refractivity contribution in [1.82, 2.24) is 0 Å². The zero-order valence-corrected chi connectivity index (χ0v) is 10.3. The van der Waals surface area contributed by atoms with Crippen LogP contribution < -0.4 is 5.32 Å². The molecule has 0 saturated carbocycles. The summed E-state index contributed by atoms with van der Waals surface area (Å²) in [5.74, 6) is 0. The van der Waals surface area contributed by atoms with Crippen LogP contribution in [0.25, 0.3) is 0 Å². The van der Waals surface area contributed by atoms with Crippen LogP contribution in [0.3, 0.4) is 0 Å². The number of rotatable bonds is 2. The number of benzene rings is 1. The van der Waals surface area contributed by atoms with Gasteiger partial charge >= 0.3 is 6.09 Å². The van der Waals surface area contributed by atoms with Crippen LogP contribution in [0.15, 0.2) is 24.3 Å². The SMILES string of the molecule is Cc1ccc(NC(=O)OCC(C)(C)C)cc1. The van der Waals surface area contributed by atoms with E-state index in [2.05, 4.69) is 5.32 Å². The number of anilines is 1. The van der Waals surface area contributed by atoms with Gasteiger partial charge in [0.05, 0.1) is 6.61 Å². The predicted molar refractivity (Wildman–Crippen MR) is 65.6 cm³/mol. The van der Waals surface area contributed by atoms with E-state index in [-0.39, 0.29) is 5.41 Å². The zero-order chi connectivity index (χ0) is 12.2. The minimum Gasteiger partial charge on any atom is -0.449 e. The molecule has 0 radical (unpaired) electrons. The molecule has 0 unspecified atom stereocenters. The molecule has 0 saturated heterocycles. The number of ether oxygens (including phenoxy) is 1. The van der Waals surface area contributed by atoms with Gasteiger partial charge in [-0.2, -0.15) is 0 Å². The lowest BCUT2D eigenvalue weighted by Crippen LogP contribution is -2.21. The Morgan fingerprint density at radius 1 is 1.25 bits per heavy atom. The molecule has 0 heterocycles. The van der Waals surface area contributed by atoms with E-state index in [4.69, 9.17) is 4.74 Å². The Kier molecular flexibility index (Phi) is 3.93. The molecule has 0 aliphatic rings. The third-order valence-corrected chi connectivity index (χ3v) is 1.93. The van der Waals surface area contributed by atoms with E-state index in [1.54, 1.807) is 0 Å². The Bertz CT molecular complexity index is 349. The molecule has 1 N–H and O–H groups in total. The normalized spacial score (nSPS) is 11.0. The summed E-state index contributed by atoms with van der Waals surface area (Å²) in [4.78, 5) is 11.4. The summed E-state index contributed by atoms with van der Waals surface area (Å²) in [6.07, 6.45) is -0.404. The molecule has 1 aromatic carbocycles. The minimum atomic E-state index is -0.404. The summed E-state index contributed by atoms with van der Waals surface area (Å²) in [7, 11) is 0. The highest BCUT2D eigenvalue weighted by Crippen LogP contribution is 2.14. The summed E-state index contributed by atoms with van der Waals surface area (Å²) in [6, 6.07) is 7.60. The molecule has 0 aliphatic heterocycles. The van der Waals surface area contributed by atoms with Gasteiger partial charge in [0.2, 0.25) is 0 Å². The van der Waals surface area contributed by atoms with Gasteiger partial charge in [0.25, 0.3) is 0 Å². The molecule has 3 nitrogen and oxygen atoms in total. The molecule has 88 valence electrons. The molecule has 3 heteroatoms. The van der Waals surface area contributed by atoms with Crippen molar-refractivity contribution in [2.45, 2.75) is 27.7 Å². The highest BCUT2D eigenvalue weighted by Gasteiger charge is 2.13. The summed E-state index contributed by atoms with van der Waals surface area (Å²) in [5, 5.41) is 2.68. The highest BCUT2D eigenvalue weighted by molar-refractivity contribution is 5.84. The van der Waals surface area contributed by atoms with Crippen molar-refractivity contribution in [2.24, 2.45) is 5.41 Å². The second-order valence-electron chi connectivity index (χ2n) is 5.13. The molecular weight excluding hydrogens is 202 g/mol. The van der Waals surface area contributed by atoms with Crippen molar-refractivity contribution in [2.75, 3.05) is 11.9 Å². The van der Waals surface area contributed by atoms with E-state index in [9.17, 15) is 4.79 Å². The fraction of sp³-hybridized carbons (Fsp3) is 0.462. The van der Waals surface area contributed by atoms with Gasteiger partial charge in [-0.1, -0.05) is 38.5 Å². The molecule has 0 spiro atoms. The van der Waals surface area contributed by atoms with Crippen LogP contribution in [-0.4, -0.2) is 12.7 Å². The van der Waals surface area contributed by atoms with Crippen LogP contribution in [0.5, 0.6) is 0 Å². The molecule has 0 atom stereocenters.